The standard InChI is InChI=1S/C16H20N2/c1-5-16(3,4)14-9-6-8-13(12(14)2)15-17-10-7-11-18-15/h6-11H,5H2,1-4H3. The van der Waals surface area contributed by atoms with E-state index in [4.69, 9.17) is 0 Å². The van der Waals surface area contributed by atoms with Crippen LogP contribution in [0.1, 0.15) is 38.3 Å². The second kappa shape index (κ2) is 4.89. The smallest absolute Gasteiger partial charge is 0.159 e. The van der Waals surface area contributed by atoms with E-state index in [1.54, 1.807) is 12.4 Å². The number of hydrogen-bond donors (Lipinski definition) is 0. The Bertz CT molecular complexity index is 530. The first-order valence-corrected chi connectivity index (χ1v) is 6.43. The van der Waals surface area contributed by atoms with E-state index in [0.717, 1.165) is 17.8 Å². The highest BCUT2D eigenvalue weighted by Crippen LogP contribution is 2.33. The summed E-state index contributed by atoms with van der Waals surface area (Å²) >= 11 is 0. The minimum Gasteiger partial charge on any atom is -0.237 e. The van der Waals surface area contributed by atoms with E-state index in [1.807, 2.05) is 6.07 Å². The minimum absolute atomic E-state index is 0.189. The van der Waals surface area contributed by atoms with Gasteiger partial charge >= 0.3 is 0 Å². The van der Waals surface area contributed by atoms with Gasteiger partial charge in [0, 0.05) is 18.0 Å². The Kier molecular flexibility index (Phi) is 3.46. The zero-order valence-corrected chi connectivity index (χ0v) is 11.6. The van der Waals surface area contributed by atoms with Gasteiger partial charge in [-0.05, 0) is 36.0 Å². The van der Waals surface area contributed by atoms with Crippen LogP contribution in [0.4, 0.5) is 0 Å². The average Bonchev–Trinajstić information content (AvgIpc) is 2.40. The fourth-order valence-corrected chi connectivity index (χ4v) is 2.24. The molecule has 2 aromatic rings. The van der Waals surface area contributed by atoms with Crippen molar-refractivity contribution in [1.29, 1.82) is 0 Å². The van der Waals surface area contributed by atoms with Gasteiger partial charge in [0.05, 0.1) is 0 Å². The van der Waals surface area contributed by atoms with Crippen LogP contribution in [0.3, 0.4) is 0 Å². The molecule has 0 saturated carbocycles. The van der Waals surface area contributed by atoms with Crippen molar-refractivity contribution in [2.45, 2.75) is 39.5 Å². The fraction of sp³-hybridized carbons (Fsp3) is 0.375. The van der Waals surface area contributed by atoms with Crippen molar-refractivity contribution in [3.63, 3.8) is 0 Å². The van der Waals surface area contributed by atoms with Crippen molar-refractivity contribution < 1.29 is 0 Å². The Balaban J connectivity index is 2.56. The van der Waals surface area contributed by atoms with E-state index in [9.17, 15) is 0 Å². The quantitative estimate of drug-likeness (QED) is 0.805. The Hall–Kier alpha value is -1.70. The monoisotopic (exact) mass is 240 g/mol. The molecule has 0 bridgehead atoms. The number of nitrogens with zero attached hydrogens (tertiary/aromatic N) is 2. The Morgan fingerprint density at radius 3 is 2.33 bits per heavy atom. The van der Waals surface area contributed by atoms with E-state index >= 15 is 0 Å². The van der Waals surface area contributed by atoms with Gasteiger partial charge in [0.1, 0.15) is 0 Å². The second-order valence-corrected chi connectivity index (χ2v) is 5.29. The summed E-state index contributed by atoms with van der Waals surface area (Å²) in [5, 5.41) is 0. The molecule has 0 radical (unpaired) electrons. The van der Waals surface area contributed by atoms with Gasteiger partial charge in [-0.15, -0.1) is 0 Å². The van der Waals surface area contributed by atoms with Crippen LogP contribution in [0.2, 0.25) is 0 Å². The third-order valence-electron chi connectivity index (χ3n) is 3.75. The summed E-state index contributed by atoms with van der Waals surface area (Å²) in [5.41, 5.74) is 4.00. The predicted octanol–water partition coefficient (Wildman–Crippen LogP) is 4.14. The van der Waals surface area contributed by atoms with Crippen LogP contribution in [0.5, 0.6) is 0 Å². The zero-order valence-electron chi connectivity index (χ0n) is 11.6. The molecule has 0 aliphatic heterocycles. The van der Waals surface area contributed by atoms with Crippen LogP contribution in [-0.2, 0) is 5.41 Å². The van der Waals surface area contributed by atoms with Crippen molar-refractivity contribution in [3.05, 3.63) is 47.8 Å². The molecule has 2 nitrogen and oxygen atoms in total. The maximum Gasteiger partial charge on any atom is 0.159 e. The highest BCUT2D eigenvalue weighted by Gasteiger charge is 2.21. The van der Waals surface area contributed by atoms with Crippen LogP contribution in [0.15, 0.2) is 36.7 Å². The maximum atomic E-state index is 4.35. The fourth-order valence-electron chi connectivity index (χ4n) is 2.24. The van der Waals surface area contributed by atoms with E-state index in [-0.39, 0.29) is 5.41 Å². The summed E-state index contributed by atoms with van der Waals surface area (Å²) in [6, 6.07) is 8.26. The lowest BCUT2D eigenvalue weighted by Crippen LogP contribution is -2.17. The van der Waals surface area contributed by atoms with Gasteiger partial charge < -0.3 is 0 Å². The summed E-state index contributed by atoms with van der Waals surface area (Å²) in [5.74, 6) is 0.809. The summed E-state index contributed by atoms with van der Waals surface area (Å²) in [4.78, 5) is 8.70. The lowest BCUT2D eigenvalue weighted by atomic mass is 9.79. The van der Waals surface area contributed by atoms with Crippen LogP contribution < -0.4 is 0 Å². The molecule has 0 fully saturated rings. The number of hydrogen-bond acceptors (Lipinski definition) is 2. The molecule has 0 aliphatic rings. The minimum atomic E-state index is 0.189. The van der Waals surface area contributed by atoms with E-state index < -0.39 is 0 Å². The van der Waals surface area contributed by atoms with Crippen LogP contribution >= 0.6 is 0 Å². The van der Waals surface area contributed by atoms with Crippen molar-refractivity contribution in [1.82, 2.24) is 9.97 Å². The first-order chi connectivity index (χ1) is 8.56. The summed E-state index contributed by atoms with van der Waals surface area (Å²) in [7, 11) is 0. The predicted molar refractivity (Wildman–Crippen MR) is 75.5 cm³/mol. The largest absolute Gasteiger partial charge is 0.237 e. The molecule has 1 aromatic heterocycles. The molecular weight excluding hydrogens is 220 g/mol. The molecule has 2 heteroatoms. The van der Waals surface area contributed by atoms with Gasteiger partial charge in [-0.25, -0.2) is 9.97 Å². The van der Waals surface area contributed by atoms with Crippen molar-refractivity contribution in [3.8, 4) is 11.4 Å². The molecule has 0 N–H and O–H groups in total. The van der Waals surface area contributed by atoms with Gasteiger partial charge in [0.2, 0.25) is 0 Å². The summed E-state index contributed by atoms with van der Waals surface area (Å²) < 4.78 is 0. The maximum absolute atomic E-state index is 4.35. The molecule has 18 heavy (non-hydrogen) atoms. The van der Waals surface area contributed by atoms with Gasteiger partial charge in [0.25, 0.3) is 0 Å². The van der Waals surface area contributed by atoms with E-state index in [0.29, 0.717) is 0 Å². The normalized spacial score (nSPS) is 11.6. The Morgan fingerprint density at radius 1 is 1.06 bits per heavy atom. The molecular formula is C16H20N2. The van der Waals surface area contributed by atoms with Crippen LogP contribution in [0, 0.1) is 6.92 Å². The molecule has 0 unspecified atom stereocenters. The molecule has 0 aliphatic carbocycles. The Morgan fingerprint density at radius 2 is 1.72 bits per heavy atom. The first-order valence-electron chi connectivity index (χ1n) is 6.43. The zero-order chi connectivity index (χ0) is 13.2. The van der Waals surface area contributed by atoms with Gasteiger partial charge in [0.15, 0.2) is 5.82 Å². The molecule has 0 spiro atoms. The van der Waals surface area contributed by atoms with Gasteiger partial charge in [-0.3, -0.25) is 0 Å². The number of benzene rings is 1. The molecule has 94 valence electrons. The lowest BCUT2D eigenvalue weighted by Gasteiger charge is -2.26. The number of aromatic nitrogens is 2. The van der Waals surface area contributed by atoms with Gasteiger partial charge in [-0.1, -0.05) is 39.0 Å². The van der Waals surface area contributed by atoms with Crippen LogP contribution in [-0.4, -0.2) is 9.97 Å². The summed E-state index contributed by atoms with van der Waals surface area (Å²) in [6.07, 6.45) is 4.70. The Labute approximate surface area is 109 Å². The number of rotatable bonds is 3. The van der Waals surface area contributed by atoms with E-state index in [2.05, 4.69) is 55.9 Å². The summed E-state index contributed by atoms with van der Waals surface area (Å²) in [6.45, 7) is 8.96. The third kappa shape index (κ3) is 2.28. The first kappa shape index (κ1) is 12.7. The van der Waals surface area contributed by atoms with Crippen molar-refractivity contribution in [2.24, 2.45) is 0 Å². The second-order valence-electron chi connectivity index (χ2n) is 5.29. The lowest BCUT2D eigenvalue weighted by molar-refractivity contribution is 0.503. The van der Waals surface area contributed by atoms with Crippen LogP contribution in [0.25, 0.3) is 11.4 Å². The molecule has 0 atom stereocenters. The van der Waals surface area contributed by atoms with Crippen molar-refractivity contribution in [2.75, 3.05) is 0 Å². The average molecular weight is 240 g/mol. The molecule has 2 rings (SSSR count). The molecule has 0 amide bonds. The molecule has 1 heterocycles. The molecule has 1 aromatic carbocycles. The van der Waals surface area contributed by atoms with Crippen molar-refractivity contribution >= 4 is 0 Å². The highest BCUT2D eigenvalue weighted by molar-refractivity contribution is 5.62. The molecule has 0 saturated heterocycles. The topological polar surface area (TPSA) is 25.8 Å². The third-order valence-corrected chi connectivity index (χ3v) is 3.75. The highest BCUT2D eigenvalue weighted by atomic mass is 14.9. The van der Waals surface area contributed by atoms with Gasteiger partial charge in [-0.2, -0.15) is 0 Å². The SMILES string of the molecule is CCC(C)(C)c1cccc(-c2ncccn2)c1C. The van der Waals surface area contributed by atoms with E-state index in [1.165, 1.54) is 11.1 Å².